The molecular formula is C15H18ClNO2. The van der Waals surface area contributed by atoms with Crippen LogP contribution in [0.15, 0.2) is 30.3 Å². The van der Waals surface area contributed by atoms with Crippen molar-refractivity contribution in [2.75, 3.05) is 6.54 Å². The van der Waals surface area contributed by atoms with E-state index < -0.39 is 5.41 Å². The minimum absolute atomic E-state index is 0.000688. The summed E-state index contributed by atoms with van der Waals surface area (Å²) in [6, 6.07) is 7.13. The van der Waals surface area contributed by atoms with Crippen LogP contribution in [-0.2, 0) is 9.59 Å². The predicted molar refractivity (Wildman–Crippen MR) is 78.0 cm³/mol. The van der Waals surface area contributed by atoms with E-state index in [1.807, 2.05) is 32.9 Å². The molecule has 0 unspecified atom stereocenters. The summed E-state index contributed by atoms with van der Waals surface area (Å²) >= 11 is 5.76. The third-order valence-electron chi connectivity index (χ3n) is 2.56. The van der Waals surface area contributed by atoms with Gasteiger partial charge in [0.15, 0.2) is 5.78 Å². The molecule has 3 nitrogen and oxygen atoms in total. The summed E-state index contributed by atoms with van der Waals surface area (Å²) in [5.74, 6) is -0.284. The van der Waals surface area contributed by atoms with E-state index in [4.69, 9.17) is 11.6 Å². The van der Waals surface area contributed by atoms with Crippen molar-refractivity contribution in [3.8, 4) is 0 Å². The fraction of sp³-hybridized carbons (Fsp3) is 0.333. The maximum atomic E-state index is 11.6. The molecule has 0 fully saturated rings. The van der Waals surface area contributed by atoms with Crippen molar-refractivity contribution in [2.24, 2.45) is 5.41 Å². The van der Waals surface area contributed by atoms with Crippen molar-refractivity contribution in [1.82, 2.24) is 5.32 Å². The molecule has 0 aliphatic rings. The number of Topliss-reactive ketones (excluding diaryl/α,β-unsaturated/α-hetero) is 1. The van der Waals surface area contributed by atoms with Crippen molar-refractivity contribution >= 4 is 29.4 Å². The first-order valence-electron chi connectivity index (χ1n) is 6.04. The molecule has 4 heteroatoms. The summed E-state index contributed by atoms with van der Waals surface area (Å²) in [5.41, 5.74) is 0.439. The zero-order valence-corrected chi connectivity index (χ0v) is 12.1. The Morgan fingerprint density at radius 3 is 2.32 bits per heavy atom. The van der Waals surface area contributed by atoms with Crippen LogP contribution < -0.4 is 5.32 Å². The molecule has 0 atom stereocenters. The van der Waals surface area contributed by atoms with Gasteiger partial charge in [-0.05, 0) is 23.8 Å². The Bertz CT molecular complexity index is 484. The highest BCUT2D eigenvalue weighted by Gasteiger charge is 2.20. The Hall–Kier alpha value is -1.61. The second kappa shape index (κ2) is 6.53. The average Bonchev–Trinajstić information content (AvgIpc) is 2.34. The molecule has 0 saturated heterocycles. The average molecular weight is 280 g/mol. The molecule has 0 aliphatic heterocycles. The molecule has 1 rings (SSSR count). The molecule has 1 N–H and O–H groups in total. The van der Waals surface area contributed by atoms with Crippen LogP contribution in [0.1, 0.15) is 26.3 Å². The lowest BCUT2D eigenvalue weighted by Crippen LogP contribution is -2.34. The fourth-order valence-corrected chi connectivity index (χ4v) is 1.36. The van der Waals surface area contributed by atoms with Crippen LogP contribution >= 0.6 is 11.6 Å². The summed E-state index contributed by atoms with van der Waals surface area (Å²) in [4.78, 5) is 23.2. The number of rotatable bonds is 4. The SMILES string of the molecule is CC(C)(C)C(=O)CNC(=O)/C=C/c1ccc(Cl)cc1. The quantitative estimate of drug-likeness (QED) is 0.861. The summed E-state index contributed by atoms with van der Waals surface area (Å²) in [5, 5.41) is 3.22. The smallest absolute Gasteiger partial charge is 0.244 e. The first-order valence-corrected chi connectivity index (χ1v) is 6.41. The maximum absolute atomic E-state index is 11.6. The van der Waals surface area contributed by atoms with Gasteiger partial charge in [-0.1, -0.05) is 44.5 Å². The standard InChI is InChI=1S/C15H18ClNO2/c1-15(2,3)13(18)10-17-14(19)9-6-11-4-7-12(16)8-5-11/h4-9H,10H2,1-3H3,(H,17,19)/b9-6+. The molecule has 19 heavy (non-hydrogen) atoms. The van der Waals surface area contributed by atoms with E-state index >= 15 is 0 Å². The number of amides is 1. The van der Waals surface area contributed by atoms with Gasteiger partial charge in [0, 0.05) is 16.5 Å². The highest BCUT2D eigenvalue weighted by atomic mass is 35.5. The lowest BCUT2D eigenvalue weighted by atomic mass is 9.91. The monoisotopic (exact) mass is 279 g/mol. The zero-order valence-electron chi connectivity index (χ0n) is 11.4. The third kappa shape index (κ3) is 5.71. The number of nitrogens with one attached hydrogen (secondary N) is 1. The number of hydrogen-bond donors (Lipinski definition) is 1. The van der Waals surface area contributed by atoms with Crippen LogP contribution in [0.25, 0.3) is 6.08 Å². The molecular weight excluding hydrogens is 262 g/mol. The number of hydrogen-bond acceptors (Lipinski definition) is 2. The maximum Gasteiger partial charge on any atom is 0.244 e. The number of carbonyl (C=O) groups excluding carboxylic acids is 2. The van der Waals surface area contributed by atoms with Crippen LogP contribution in [0.4, 0.5) is 0 Å². The Morgan fingerprint density at radius 2 is 1.79 bits per heavy atom. The van der Waals surface area contributed by atoms with Gasteiger partial charge in [0.25, 0.3) is 0 Å². The van der Waals surface area contributed by atoms with Gasteiger partial charge >= 0.3 is 0 Å². The molecule has 1 aromatic rings. The molecule has 0 bridgehead atoms. The molecule has 1 aromatic carbocycles. The minimum atomic E-state index is -0.437. The highest BCUT2D eigenvalue weighted by molar-refractivity contribution is 6.30. The van der Waals surface area contributed by atoms with Crippen LogP contribution in [0.5, 0.6) is 0 Å². The van der Waals surface area contributed by atoms with E-state index in [0.717, 1.165) is 5.56 Å². The fourth-order valence-electron chi connectivity index (χ4n) is 1.24. The first kappa shape index (κ1) is 15.4. The van der Waals surface area contributed by atoms with Crippen molar-refractivity contribution < 1.29 is 9.59 Å². The number of benzene rings is 1. The molecule has 102 valence electrons. The Balaban J connectivity index is 2.48. The van der Waals surface area contributed by atoms with Gasteiger partial charge in [0.2, 0.25) is 5.91 Å². The van der Waals surface area contributed by atoms with Gasteiger partial charge in [-0.15, -0.1) is 0 Å². The van der Waals surface area contributed by atoms with Gasteiger partial charge in [-0.2, -0.15) is 0 Å². The lowest BCUT2D eigenvalue weighted by Gasteiger charge is -2.16. The first-order chi connectivity index (χ1) is 8.79. The molecule has 0 aliphatic carbocycles. The third-order valence-corrected chi connectivity index (χ3v) is 2.81. The molecule has 1 amide bonds. The zero-order chi connectivity index (χ0) is 14.5. The van der Waals surface area contributed by atoms with Crippen molar-refractivity contribution in [3.05, 3.63) is 40.9 Å². The summed E-state index contributed by atoms with van der Waals surface area (Å²) < 4.78 is 0. The second-order valence-corrected chi connectivity index (χ2v) is 5.71. The molecule has 0 radical (unpaired) electrons. The van der Waals surface area contributed by atoms with Gasteiger partial charge in [-0.3, -0.25) is 9.59 Å². The summed E-state index contributed by atoms with van der Waals surface area (Å²) in [6.45, 7) is 5.52. The minimum Gasteiger partial charge on any atom is -0.345 e. The highest BCUT2D eigenvalue weighted by Crippen LogP contribution is 2.13. The van der Waals surface area contributed by atoms with E-state index in [1.165, 1.54) is 6.08 Å². The normalized spacial score (nSPS) is 11.6. The van der Waals surface area contributed by atoms with Gasteiger partial charge in [0.1, 0.15) is 0 Å². The van der Waals surface area contributed by atoms with Crippen LogP contribution in [0.2, 0.25) is 5.02 Å². The number of halogens is 1. The summed E-state index contributed by atoms with van der Waals surface area (Å²) in [6.07, 6.45) is 3.08. The van der Waals surface area contributed by atoms with Crippen LogP contribution in [0, 0.1) is 5.41 Å². The molecule has 0 heterocycles. The summed E-state index contributed by atoms with van der Waals surface area (Å²) in [7, 11) is 0. The Morgan fingerprint density at radius 1 is 1.21 bits per heavy atom. The van der Waals surface area contributed by atoms with Gasteiger partial charge in [-0.25, -0.2) is 0 Å². The molecule has 0 saturated carbocycles. The van der Waals surface area contributed by atoms with Crippen LogP contribution in [-0.4, -0.2) is 18.2 Å². The number of carbonyl (C=O) groups is 2. The Labute approximate surface area is 118 Å². The largest absolute Gasteiger partial charge is 0.345 e. The van der Waals surface area contributed by atoms with Gasteiger partial charge in [0.05, 0.1) is 6.54 Å². The van der Waals surface area contributed by atoms with E-state index in [1.54, 1.807) is 18.2 Å². The Kier molecular flexibility index (Phi) is 5.31. The van der Waals surface area contributed by atoms with Crippen molar-refractivity contribution in [3.63, 3.8) is 0 Å². The van der Waals surface area contributed by atoms with E-state index in [2.05, 4.69) is 5.32 Å². The van der Waals surface area contributed by atoms with E-state index in [-0.39, 0.29) is 18.2 Å². The van der Waals surface area contributed by atoms with Gasteiger partial charge < -0.3 is 5.32 Å². The van der Waals surface area contributed by atoms with Crippen molar-refractivity contribution in [2.45, 2.75) is 20.8 Å². The van der Waals surface area contributed by atoms with E-state index in [9.17, 15) is 9.59 Å². The second-order valence-electron chi connectivity index (χ2n) is 5.28. The predicted octanol–water partition coefficient (Wildman–Crippen LogP) is 3.08. The van der Waals surface area contributed by atoms with E-state index in [0.29, 0.717) is 5.02 Å². The lowest BCUT2D eigenvalue weighted by molar-refractivity contribution is -0.127. The number of ketones is 1. The topological polar surface area (TPSA) is 46.2 Å². The van der Waals surface area contributed by atoms with Crippen molar-refractivity contribution in [1.29, 1.82) is 0 Å². The molecule has 0 aromatic heterocycles. The molecule has 0 spiro atoms. The van der Waals surface area contributed by atoms with Crippen LogP contribution in [0.3, 0.4) is 0 Å².